The van der Waals surface area contributed by atoms with Gasteiger partial charge in [0.1, 0.15) is 0 Å². The van der Waals surface area contributed by atoms with Crippen molar-refractivity contribution in [1.29, 1.82) is 0 Å². The molecule has 78 valence electrons. The quantitative estimate of drug-likeness (QED) is 0.765. The Morgan fingerprint density at radius 2 is 2.07 bits per heavy atom. The number of pyridine rings is 1. The summed E-state index contributed by atoms with van der Waals surface area (Å²) < 4.78 is 0. The first-order chi connectivity index (χ1) is 6.72. The van der Waals surface area contributed by atoms with E-state index in [4.69, 9.17) is 5.73 Å². The van der Waals surface area contributed by atoms with Crippen molar-refractivity contribution < 1.29 is 0 Å². The first-order valence-corrected chi connectivity index (χ1v) is 5.05. The predicted molar refractivity (Wildman–Crippen MR) is 58.8 cm³/mol. The molecule has 0 fully saturated rings. The summed E-state index contributed by atoms with van der Waals surface area (Å²) in [5.41, 5.74) is 7.16. The first-order valence-electron chi connectivity index (χ1n) is 5.05. The Hall–Kier alpha value is -0.930. The lowest BCUT2D eigenvalue weighted by Gasteiger charge is -2.20. The van der Waals surface area contributed by atoms with Crippen LogP contribution in [-0.2, 0) is 6.54 Å². The molecular formula is C11H19N3. The second-order valence-corrected chi connectivity index (χ2v) is 3.72. The van der Waals surface area contributed by atoms with Crippen LogP contribution in [0.15, 0.2) is 24.5 Å². The minimum absolute atomic E-state index is 0.279. The summed E-state index contributed by atoms with van der Waals surface area (Å²) in [6.45, 7) is 4.00. The number of likely N-dealkylation sites (N-methyl/N-ethyl adjacent to an activating group) is 1. The third-order valence-corrected chi connectivity index (χ3v) is 2.27. The Bertz CT molecular complexity index is 248. The van der Waals surface area contributed by atoms with Crippen molar-refractivity contribution in [1.82, 2.24) is 9.88 Å². The number of hydrogen-bond donors (Lipinski definition) is 1. The lowest BCUT2D eigenvalue weighted by Crippen LogP contribution is -2.34. The fraction of sp³-hybridized carbons (Fsp3) is 0.545. The SMILES string of the molecule is CCC(N)CN(C)Cc1ccncc1. The molecule has 0 saturated heterocycles. The lowest BCUT2D eigenvalue weighted by atomic mass is 10.2. The van der Waals surface area contributed by atoms with Crippen molar-refractivity contribution in [2.75, 3.05) is 13.6 Å². The third-order valence-electron chi connectivity index (χ3n) is 2.27. The van der Waals surface area contributed by atoms with Gasteiger partial charge in [0, 0.05) is 31.5 Å². The third kappa shape index (κ3) is 3.85. The standard InChI is InChI=1S/C11H19N3/c1-3-11(12)9-14(2)8-10-4-6-13-7-5-10/h4-7,11H,3,8-9,12H2,1-2H3. The van der Waals surface area contributed by atoms with Gasteiger partial charge < -0.3 is 10.6 Å². The van der Waals surface area contributed by atoms with Crippen LogP contribution in [-0.4, -0.2) is 29.5 Å². The maximum absolute atomic E-state index is 5.87. The number of rotatable bonds is 5. The smallest absolute Gasteiger partial charge is 0.0271 e. The maximum Gasteiger partial charge on any atom is 0.0271 e. The van der Waals surface area contributed by atoms with E-state index in [1.165, 1.54) is 5.56 Å². The molecule has 0 bridgehead atoms. The summed E-state index contributed by atoms with van der Waals surface area (Å²) in [6.07, 6.45) is 4.67. The molecule has 0 aliphatic rings. The van der Waals surface area contributed by atoms with Crippen molar-refractivity contribution in [2.24, 2.45) is 5.73 Å². The molecule has 14 heavy (non-hydrogen) atoms. The topological polar surface area (TPSA) is 42.1 Å². The zero-order chi connectivity index (χ0) is 10.4. The Morgan fingerprint density at radius 1 is 1.43 bits per heavy atom. The van der Waals surface area contributed by atoms with E-state index in [2.05, 4.69) is 23.9 Å². The van der Waals surface area contributed by atoms with E-state index in [-0.39, 0.29) is 6.04 Å². The summed E-state index contributed by atoms with van der Waals surface area (Å²) >= 11 is 0. The highest BCUT2D eigenvalue weighted by Crippen LogP contribution is 2.01. The van der Waals surface area contributed by atoms with E-state index in [1.807, 2.05) is 24.5 Å². The molecule has 1 aromatic heterocycles. The maximum atomic E-state index is 5.87. The predicted octanol–water partition coefficient (Wildman–Crippen LogP) is 1.25. The molecule has 0 aliphatic heterocycles. The van der Waals surface area contributed by atoms with Gasteiger partial charge in [0.2, 0.25) is 0 Å². The van der Waals surface area contributed by atoms with Crippen molar-refractivity contribution in [3.8, 4) is 0 Å². The highest BCUT2D eigenvalue weighted by atomic mass is 15.1. The highest BCUT2D eigenvalue weighted by molar-refractivity contribution is 5.09. The largest absolute Gasteiger partial charge is 0.327 e. The molecule has 1 heterocycles. The van der Waals surface area contributed by atoms with Crippen LogP contribution in [0.2, 0.25) is 0 Å². The highest BCUT2D eigenvalue weighted by Gasteiger charge is 2.04. The number of nitrogens with zero attached hydrogens (tertiary/aromatic N) is 2. The van der Waals surface area contributed by atoms with Crippen LogP contribution < -0.4 is 5.73 Å². The van der Waals surface area contributed by atoms with Crippen molar-refractivity contribution in [3.63, 3.8) is 0 Å². The molecule has 0 spiro atoms. The summed E-state index contributed by atoms with van der Waals surface area (Å²) in [6, 6.07) is 4.35. The fourth-order valence-electron chi connectivity index (χ4n) is 1.39. The molecule has 3 nitrogen and oxygen atoms in total. The van der Waals surface area contributed by atoms with Gasteiger partial charge >= 0.3 is 0 Å². The van der Waals surface area contributed by atoms with E-state index in [0.29, 0.717) is 0 Å². The Labute approximate surface area is 85.9 Å². The normalized spacial score (nSPS) is 13.1. The van der Waals surface area contributed by atoms with Crippen LogP contribution in [0.3, 0.4) is 0 Å². The van der Waals surface area contributed by atoms with Gasteiger partial charge in [-0.15, -0.1) is 0 Å². The van der Waals surface area contributed by atoms with Gasteiger partial charge in [-0.3, -0.25) is 4.98 Å². The van der Waals surface area contributed by atoms with Crippen LogP contribution in [0.25, 0.3) is 0 Å². The minimum atomic E-state index is 0.279. The number of hydrogen-bond acceptors (Lipinski definition) is 3. The van der Waals surface area contributed by atoms with E-state index < -0.39 is 0 Å². The molecule has 0 saturated carbocycles. The second-order valence-electron chi connectivity index (χ2n) is 3.72. The first kappa shape index (κ1) is 11.1. The lowest BCUT2D eigenvalue weighted by molar-refractivity contribution is 0.300. The molecule has 0 amide bonds. The molecule has 2 N–H and O–H groups in total. The second kappa shape index (κ2) is 5.73. The molecule has 0 aliphatic carbocycles. The summed E-state index contributed by atoms with van der Waals surface area (Å²) in [7, 11) is 2.09. The molecule has 1 rings (SSSR count). The summed E-state index contributed by atoms with van der Waals surface area (Å²) in [4.78, 5) is 6.23. The van der Waals surface area contributed by atoms with Crippen LogP contribution >= 0.6 is 0 Å². The molecule has 1 unspecified atom stereocenters. The molecule has 1 aromatic rings. The van der Waals surface area contributed by atoms with Gasteiger partial charge in [0.25, 0.3) is 0 Å². The van der Waals surface area contributed by atoms with Crippen molar-refractivity contribution in [2.45, 2.75) is 25.9 Å². The molecule has 1 atom stereocenters. The summed E-state index contributed by atoms with van der Waals surface area (Å²) in [5, 5.41) is 0. The van der Waals surface area contributed by atoms with Crippen molar-refractivity contribution >= 4 is 0 Å². The van der Waals surface area contributed by atoms with Crippen LogP contribution in [0.1, 0.15) is 18.9 Å². The Balaban J connectivity index is 2.37. The van der Waals surface area contributed by atoms with E-state index in [1.54, 1.807) is 0 Å². The van der Waals surface area contributed by atoms with Crippen LogP contribution in [0.4, 0.5) is 0 Å². The Kier molecular flexibility index (Phi) is 4.56. The van der Waals surface area contributed by atoms with Crippen LogP contribution in [0, 0.1) is 0 Å². The van der Waals surface area contributed by atoms with Gasteiger partial charge in [-0.05, 0) is 31.2 Å². The molecular weight excluding hydrogens is 174 g/mol. The van der Waals surface area contributed by atoms with Gasteiger partial charge in [-0.25, -0.2) is 0 Å². The van der Waals surface area contributed by atoms with E-state index in [9.17, 15) is 0 Å². The van der Waals surface area contributed by atoms with Gasteiger partial charge in [-0.2, -0.15) is 0 Å². The van der Waals surface area contributed by atoms with E-state index in [0.717, 1.165) is 19.5 Å². The number of aromatic nitrogens is 1. The van der Waals surface area contributed by atoms with Gasteiger partial charge in [0.15, 0.2) is 0 Å². The van der Waals surface area contributed by atoms with E-state index >= 15 is 0 Å². The molecule has 0 radical (unpaired) electrons. The monoisotopic (exact) mass is 193 g/mol. The van der Waals surface area contributed by atoms with Gasteiger partial charge in [0.05, 0.1) is 0 Å². The minimum Gasteiger partial charge on any atom is -0.327 e. The molecule has 3 heteroatoms. The average molecular weight is 193 g/mol. The molecule has 0 aromatic carbocycles. The zero-order valence-electron chi connectivity index (χ0n) is 8.98. The average Bonchev–Trinajstić information content (AvgIpc) is 2.19. The number of nitrogens with two attached hydrogens (primary N) is 1. The zero-order valence-corrected chi connectivity index (χ0v) is 8.98. The van der Waals surface area contributed by atoms with Crippen LogP contribution in [0.5, 0.6) is 0 Å². The Morgan fingerprint density at radius 3 is 2.64 bits per heavy atom. The van der Waals surface area contributed by atoms with Gasteiger partial charge in [-0.1, -0.05) is 6.92 Å². The summed E-state index contributed by atoms with van der Waals surface area (Å²) in [5.74, 6) is 0. The van der Waals surface area contributed by atoms with Crippen molar-refractivity contribution in [3.05, 3.63) is 30.1 Å². The fourth-order valence-corrected chi connectivity index (χ4v) is 1.39.